The Kier molecular flexibility index (Phi) is 5.03. The molecular weight excluding hydrogens is 324 g/mol. The fourth-order valence-corrected chi connectivity index (χ4v) is 3.36. The van der Waals surface area contributed by atoms with Gasteiger partial charge in [0.05, 0.1) is 5.69 Å². The molecule has 0 aliphatic carbocycles. The van der Waals surface area contributed by atoms with Gasteiger partial charge >= 0.3 is 0 Å². The van der Waals surface area contributed by atoms with Gasteiger partial charge in [0.25, 0.3) is 0 Å². The summed E-state index contributed by atoms with van der Waals surface area (Å²) in [5, 5.41) is 11.7. The van der Waals surface area contributed by atoms with E-state index in [-0.39, 0.29) is 11.8 Å². The van der Waals surface area contributed by atoms with Crippen LogP contribution >= 0.6 is 11.3 Å². The Bertz CT molecular complexity index is 703. The average molecular weight is 346 g/mol. The summed E-state index contributed by atoms with van der Waals surface area (Å²) in [7, 11) is 0. The summed E-state index contributed by atoms with van der Waals surface area (Å²) in [6.45, 7) is 7.57. The van der Waals surface area contributed by atoms with Crippen LogP contribution in [-0.4, -0.2) is 44.1 Å². The van der Waals surface area contributed by atoms with Crippen LogP contribution < -0.4 is 5.32 Å². The van der Waals surface area contributed by atoms with Gasteiger partial charge in [-0.25, -0.2) is 9.97 Å². The number of rotatable bonds is 5. The number of aromatic nitrogens is 4. The molecule has 0 radical (unpaired) electrons. The molecule has 3 rings (SSSR count). The molecule has 1 amide bonds. The number of hydrogen-bond acceptors (Lipinski definition) is 7. The largest absolute Gasteiger partial charge is 0.342 e. The van der Waals surface area contributed by atoms with E-state index in [9.17, 15) is 4.79 Å². The molecule has 0 saturated carbocycles. The van der Waals surface area contributed by atoms with Gasteiger partial charge in [0, 0.05) is 31.5 Å². The molecular formula is C16H22N6OS. The molecule has 3 heterocycles. The lowest BCUT2D eigenvalue weighted by Crippen LogP contribution is -2.29. The molecule has 1 saturated heterocycles. The maximum atomic E-state index is 12.2. The van der Waals surface area contributed by atoms with Crippen molar-refractivity contribution in [2.75, 3.05) is 18.4 Å². The zero-order chi connectivity index (χ0) is 17.1. The highest BCUT2D eigenvalue weighted by molar-refractivity contribution is 7.13. The SMILES string of the molecule is Cc1nc(Nc2nncs2)cc([C@H]2CCN(C(=O)CC(C)C)C2)n1. The molecule has 0 unspecified atom stereocenters. The Balaban J connectivity index is 1.71. The maximum Gasteiger partial charge on any atom is 0.222 e. The van der Waals surface area contributed by atoms with E-state index in [4.69, 9.17) is 0 Å². The van der Waals surface area contributed by atoms with Gasteiger partial charge in [-0.2, -0.15) is 0 Å². The van der Waals surface area contributed by atoms with E-state index >= 15 is 0 Å². The number of nitrogens with zero attached hydrogens (tertiary/aromatic N) is 5. The highest BCUT2D eigenvalue weighted by Gasteiger charge is 2.28. The van der Waals surface area contributed by atoms with Crippen LogP contribution in [0, 0.1) is 12.8 Å². The lowest BCUT2D eigenvalue weighted by atomic mass is 10.0. The molecule has 1 aliphatic rings. The van der Waals surface area contributed by atoms with E-state index in [2.05, 4.69) is 39.3 Å². The molecule has 7 nitrogen and oxygen atoms in total. The predicted octanol–water partition coefficient (Wildman–Crippen LogP) is 2.74. The van der Waals surface area contributed by atoms with Gasteiger partial charge in [0.1, 0.15) is 17.2 Å². The molecule has 2 aromatic heterocycles. The van der Waals surface area contributed by atoms with Gasteiger partial charge in [-0.1, -0.05) is 25.2 Å². The smallest absolute Gasteiger partial charge is 0.222 e. The molecule has 0 spiro atoms. The van der Waals surface area contributed by atoms with E-state index in [0.29, 0.717) is 23.3 Å². The minimum absolute atomic E-state index is 0.241. The van der Waals surface area contributed by atoms with Gasteiger partial charge in [-0.15, -0.1) is 10.2 Å². The molecule has 0 aromatic carbocycles. The fourth-order valence-electron chi connectivity index (χ4n) is 2.91. The van der Waals surface area contributed by atoms with Crippen LogP contribution in [0.15, 0.2) is 11.6 Å². The first-order valence-corrected chi connectivity index (χ1v) is 9.05. The normalized spacial score (nSPS) is 17.5. The Morgan fingerprint density at radius 2 is 2.29 bits per heavy atom. The lowest BCUT2D eigenvalue weighted by Gasteiger charge is -2.18. The summed E-state index contributed by atoms with van der Waals surface area (Å²) in [6.07, 6.45) is 1.55. The number of hydrogen-bond donors (Lipinski definition) is 1. The maximum absolute atomic E-state index is 12.2. The van der Waals surface area contributed by atoms with Crippen molar-refractivity contribution in [3.05, 3.63) is 23.1 Å². The highest BCUT2D eigenvalue weighted by Crippen LogP contribution is 2.28. The second kappa shape index (κ2) is 7.21. The Labute approximate surface area is 145 Å². The van der Waals surface area contributed by atoms with E-state index in [0.717, 1.165) is 31.0 Å². The third kappa shape index (κ3) is 4.05. The highest BCUT2D eigenvalue weighted by atomic mass is 32.1. The zero-order valence-electron chi connectivity index (χ0n) is 14.2. The first-order valence-electron chi connectivity index (χ1n) is 8.18. The Morgan fingerprint density at radius 3 is 3.00 bits per heavy atom. The second-order valence-electron chi connectivity index (χ2n) is 6.52. The van der Waals surface area contributed by atoms with Gasteiger partial charge in [0.15, 0.2) is 0 Å². The zero-order valence-corrected chi connectivity index (χ0v) is 15.0. The Hall–Kier alpha value is -2.09. The van der Waals surface area contributed by atoms with Crippen LogP contribution in [0.4, 0.5) is 10.9 Å². The number of carbonyl (C=O) groups excluding carboxylic acids is 1. The summed E-state index contributed by atoms with van der Waals surface area (Å²) in [5.41, 5.74) is 2.65. The number of nitrogens with one attached hydrogen (secondary N) is 1. The number of likely N-dealkylation sites (tertiary alicyclic amines) is 1. The van der Waals surface area contributed by atoms with Crippen LogP contribution in [-0.2, 0) is 4.79 Å². The molecule has 1 N–H and O–H groups in total. The molecule has 1 fully saturated rings. The van der Waals surface area contributed by atoms with Gasteiger partial charge in [-0.3, -0.25) is 4.79 Å². The molecule has 1 aliphatic heterocycles. The molecule has 8 heteroatoms. The van der Waals surface area contributed by atoms with E-state index < -0.39 is 0 Å². The van der Waals surface area contributed by atoms with E-state index in [1.807, 2.05) is 17.9 Å². The quantitative estimate of drug-likeness (QED) is 0.896. The third-order valence-corrected chi connectivity index (χ3v) is 4.60. The fraction of sp³-hybridized carbons (Fsp3) is 0.562. The minimum atomic E-state index is 0.241. The second-order valence-corrected chi connectivity index (χ2v) is 7.35. The summed E-state index contributed by atoms with van der Waals surface area (Å²) in [6, 6.07) is 1.95. The first kappa shape index (κ1) is 16.8. The number of carbonyl (C=O) groups is 1. The van der Waals surface area contributed by atoms with Crippen molar-refractivity contribution < 1.29 is 4.79 Å². The number of amides is 1. The van der Waals surface area contributed by atoms with Crippen molar-refractivity contribution in [1.82, 2.24) is 25.1 Å². The molecule has 0 bridgehead atoms. The van der Waals surface area contributed by atoms with Gasteiger partial charge in [0.2, 0.25) is 11.0 Å². The number of aryl methyl sites for hydroxylation is 1. The summed E-state index contributed by atoms with van der Waals surface area (Å²) < 4.78 is 0. The summed E-state index contributed by atoms with van der Waals surface area (Å²) in [4.78, 5) is 23.2. The first-order chi connectivity index (χ1) is 11.5. The van der Waals surface area contributed by atoms with Crippen LogP contribution in [0.3, 0.4) is 0 Å². The third-order valence-electron chi connectivity index (χ3n) is 3.99. The van der Waals surface area contributed by atoms with E-state index in [1.165, 1.54) is 11.3 Å². The Morgan fingerprint density at radius 1 is 1.46 bits per heavy atom. The average Bonchev–Trinajstić information content (AvgIpc) is 3.17. The molecule has 2 aromatic rings. The van der Waals surface area contributed by atoms with Crippen LogP contribution in [0.2, 0.25) is 0 Å². The van der Waals surface area contributed by atoms with E-state index in [1.54, 1.807) is 5.51 Å². The van der Waals surface area contributed by atoms with Crippen molar-refractivity contribution >= 4 is 28.2 Å². The van der Waals surface area contributed by atoms with Crippen LogP contribution in [0.25, 0.3) is 0 Å². The van der Waals surface area contributed by atoms with Crippen LogP contribution in [0.1, 0.15) is 44.1 Å². The van der Waals surface area contributed by atoms with Crippen molar-refractivity contribution in [2.45, 2.75) is 39.5 Å². The monoisotopic (exact) mass is 346 g/mol. The predicted molar refractivity (Wildman–Crippen MR) is 93.4 cm³/mol. The van der Waals surface area contributed by atoms with Crippen molar-refractivity contribution in [1.29, 1.82) is 0 Å². The number of anilines is 2. The summed E-state index contributed by atoms with van der Waals surface area (Å²) in [5.74, 6) is 2.33. The van der Waals surface area contributed by atoms with Crippen molar-refractivity contribution in [3.8, 4) is 0 Å². The lowest BCUT2D eigenvalue weighted by molar-refractivity contribution is -0.130. The molecule has 24 heavy (non-hydrogen) atoms. The standard InChI is InChI=1S/C16H22N6OS/c1-10(2)6-15(23)22-5-4-12(8-22)13-7-14(19-11(3)18-13)20-16-21-17-9-24-16/h7,9-10,12H,4-6,8H2,1-3H3,(H,18,19,20,21)/t12-/m0/s1. The topological polar surface area (TPSA) is 83.9 Å². The van der Waals surface area contributed by atoms with Gasteiger partial charge in [-0.05, 0) is 19.3 Å². The van der Waals surface area contributed by atoms with Crippen molar-refractivity contribution in [3.63, 3.8) is 0 Å². The molecule has 1 atom stereocenters. The minimum Gasteiger partial charge on any atom is -0.342 e. The van der Waals surface area contributed by atoms with Crippen LogP contribution in [0.5, 0.6) is 0 Å². The molecule has 128 valence electrons. The summed E-state index contributed by atoms with van der Waals surface area (Å²) >= 11 is 1.43. The van der Waals surface area contributed by atoms with Gasteiger partial charge < -0.3 is 10.2 Å². The van der Waals surface area contributed by atoms with Crippen molar-refractivity contribution in [2.24, 2.45) is 5.92 Å².